The number of aliphatic carboxylic acids is 1. The maximum atomic E-state index is 14.3. The Hall–Kier alpha value is -2.39. The molecule has 3 N–H and O–H groups in total. The first-order valence-electron chi connectivity index (χ1n) is 11.8. The predicted molar refractivity (Wildman–Crippen MR) is 119 cm³/mol. The Balaban J connectivity index is 2.18. The number of unbranched alkanes of at least 4 members (excludes halogenated alkanes) is 3. The molecule has 2 atom stereocenters. The summed E-state index contributed by atoms with van der Waals surface area (Å²) in [7, 11) is 0. The molecule has 0 bridgehead atoms. The number of anilines is 1. The Bertz CT molecular complexity index is 982. The highest BCUT2D eigenvalue weighted by atomic mass is 19.4. The van der Waals surface area contributed by atoms with Crippen molar-refractivity contribution in [3.05, 3.63) is 34.9 Å². The molecule has 0 amide bonds. The van der Waals surface area contributed by atoms with E-state index in [4.69, 9.17) is 10.5 Å². The summed E-state index contributed by atoms with van der Waals surface area (Å²) in [6.45, 7) is 5.21. The van der Waals surface area contributed by atoms with Crippen molar-refractivity contribution >= 4 is 11.7 Å². The van der Waals surface area contributed by atoms with Crippen LogP contribution in [0.2, 0.25) is 0 Å². The predicted octanol–water partition coefficient (Wildman–Crippen LogP) is 7.28. The lowest BCUT2D eigenvalue weighted by Crippen LogP contribution is -2.54. The first-order valence-corrected chi connectivity index (χ1v) is 11.8. The number of benzene rings is 1. The van der Waals surface area contributed by atoms with Gasteiger partial charge in [-0.3, -0.25) is 0 Å². The van der Waals surface area contributed by atoms with E-state index in [2.05, 4.69) is 0 Å². The van der Waals surface area contributed by atoms with E-state index in [1.165, 1.54) is 0 Å². The SMILES string of the molecule is CCCCCCC(c1cc(N)c2c(c1)OC(C)(C)[C@@H]1CC=C(C(=O)O)C[C@@H]21)(C(F)(F)F)C(F)(F)F. The fraction of sp³-hybridized carbons (Fsp3) is 0.640. The molecule has 1 aromatic carbocycles. The van der Waals surface area contributed by atoms with Crippen LogP contribution in [0.1, 0.15) is 82.8 Å². The molecule has 2 aliphatic rings. The van der Waals surface area contributed by atoms with E-state index in [1.807, 2.05) is 6.92 Å². The molecule has 0 fully saturated rings. The van der Waals surface area contributed by atoms with Crippen LogP contribution < -0.4 is 10.5 Å². The van der Waals surface area contributed by atoms with Crippen LogP contribution in [0, 0.1) is 5.92 Å². The minimum Gasteiger partial charge on any atom is -0.487 e. The van der Waals surface area contributed by atoms with E-state index >= 15 is 0 Å². The van der Waals surface area contributed by atoms with Gasteiger partial charge in [-0.15, -0.1) is 0 Å². The molecule has 10 heteroatoms. The summed E-state index contributed by atoms with van der Waals surface area (Å²) in [6.07, 6.45) is -9.23. The van der Waals surface area contributed by atoms with Crippen molar-refractivity contribution in [2.24, 2.45) is 5.92 Å². The van der Waals surface area contributed by atoms with Gasteiger partial charge in [-0.1, -0.05) is 38.7 Å². The van der Waals surface area contributed by atoms with Gasteiger partial charge in [0.15, 0.2) is 5.41 Å². The number of ether oxygens (including phenoxy) is 1. The van der Waals surface area contributed by atoms with Crippen LogP contribution in [0.15, 0.2) is 23.8 Å². The van der Waals surface area contributed by atoms with Gasteiger partial charge in [0.05, 0.1) is 0 Å². The van der Waals surface area contributed by atoms with Crippen molar-refractivity contribution in [2.75, 3.05) is 5.73 Å². The largest absolute Gasteiger partial charge is 0.487 e. The number of rotatable bonds is 7. The maximum Gasteiger partial charge on any atom is 0.407 e. The summed E-state index contributed by atoms with van der Waals surface area (Å²) in [5.74, 6) is -2.01. The first-order chi connectivity index (χ1) is 16.1. The zero-order valence-electron chi connectivity index (χ0n) is 19.9. The van der Waals surface area contributed by atoms with Crippen molar-refractivity contribution in [1.29, 1.82) is 0 Å². The van der Waals surface area contributed by atoms with Crippen molar-refractivity contribution in [3.8, 4) is 5.75 Å². The smallest absolute Gasteiger partial charge is 0.407 e. The van der Waals surface area contributed by atoms with Crippen LogP contribution in [0.25, 0.3) is 0 Å². The lowest BCUT2D eigenvalue weighted by molar-refractivity contribution is -0.305. The van der Waals surface area contributed by atoms with E-state index < -0.39 is 47.2 Å². The number of nitrogen functional groups attached to an aromatic ring is 1. The second-order valence-electron chi connectivity index (χ2n) is 10.1. The molecule has 1 aliphatic heterocycles. The zero-order valence-corrected chi connectivity index (χ0v) is 19.9. The summed E-state index contributed by atoms with van der Waals surface area (Å²) in [6, 6.07) is 1.58. The van der Waals surface area contributed by atoms with Gasteiger partial charge >= 0.3 is 18.3 Å². The third-order valence-corrected chi connectivity index (χ3v) is 7.50. The zero-order chi connectivity index (χ0) is 26.4. The summed E-state index contributed by atoms with van der Waals surface area (Å²) in [4.78, 5) is 11.6. The Kier molecular flexibility index (Phi) is 7.18. The molecule has 0 spiro atoms. The Morgan fingerprint density at radius 3 is 2.29 bits per heavy atom. The minimum absolute atomic E-state index is 0.0596. The number of halogens is 6. The second kappa shape index (κ2) is 9.24. The number of carboxylic acid groups (broad SMARTS) is 1. The van der Waals surface area contributed by atoms with Crippen LogP contribution in [0.3, 0.4) is 0 Å². The molecule has 0 aromatic heterocycles. The van der Waals surface area contributed by atoms with Crippen LogP contribution in [0.4, 0.5) is 32.0 Å². The first kappa shape index (κ1) is 27.2. The molecule has 196 valence electrons. The Morgan fingerprint density at radius 1 is 1.11 bits per heavy atom. The van der Waals surface area contributed by atoms with Crippen molar-refractivity contribution in [2.45, 2.75) is 95.0 Å². The summed E-state index contributed by atoms with van der Waals surface area (Å²) < 4.78 is 91.9. The fourth-order valence-corrected chi connectivity index (χ4v) is 5.61. The van der Waals surface area contributed by atoms with Crippen LogP contribution >= 0.6 is 0 Å². The summed E-state index contributed by atoms with van der Waals surface area (Å²) in [5, 5.41) is 9.45. The van der Waals surface area contributed by atoms with Gasteiger partial charge in [0.25, 0.3) is 0 Å². The normalized spacial score (nSPS) is 22.0. The monoisotopic (exact) mass is 507 g/mol. The topological polar surface area (TPSA) is 72.5 Å². The molecule has 35 heavy (non-hydrogen) atoms. The highest BCUT2D eigenvalue weighted by Gasteiger charge is 2.71. The fourth-order valence-electron chi connectivity index (χ4n) is 5.61. The summed E-state index contributed by atoms with van der Waals surface area (Å²) in [5.41, 5.74) is 0.246. The highest BCUT2D eigenvalue weighted by molar-refractivity contribution is 5.87. The number of nitrogens with two attached hydrogens (primary N) is 1. The highest BCUT2D eigenvalue weighted by Crippen LogP contribution is 2.59. The minimum atomic E-state index is -5.62. The molecule has 1 aromatic rings. The Labute approximate surface area is 200 Å². The third kappa shape index (κ3) is 4.72. The molecule has 0 saturated heterocycles. The molecule has 0 unspecified atom stereocenters. The molecule has 0 saturated carbocycles. The van der Waals surface area contributed by atoms with Gasteiger partial charge in [-0.2, -0.15) is 26.3 Å². The lowest BCUT2D eigenvalue weighted by atomic mass is 9.66. The third-order valence-electron chi connectivity index (χ3n) is 7.50. The van der Waals surface area contributed by atoms with Crippen molar-refractivity contribution < 1.29 is 41.0 Å². The summed E-state index contributed by atoms with van der Waals surface area (Å²) >= 11 is 0. The van der Waals surface area contributed by atoms with Crippen molar-refractivity contribution in [1.82, 2.24) is 0 Å². The van der Waals surface area contributed by atoms with E-state index in [-0.39, 0.29) is 47.8 Å². The number of alkyl halides is 6. The average Bonchev–Trinajstić information content (AvgIpc) is 2.70. The second-order valence-corrected chi connectivity index (χ2v) is 10.1. The number of fused-ring (bicyclic) bond motifs is 3. The van der Waals surface area contributed by atoms with E-state index in [9.17, 15) is 36.2 Å². The number of allylic oxidation sites excluding steroid dienone is 1. The van der Waals surface area contributed by atoms with Gasteiger partial charge in [0, 0.05) is 28.7 Å². The van der Waals surface area contributed by atoms with Gasteiger partial charge in [-0.05, 0) is 50.8 Å². The number of carbonyl (C=O) groups is 1. The van der Waals surface area contributed by atoms with Gasteiger partial charge in [-0.25, -0.2) is 4.79 Å². The van der Waals surface area contributed by atoms with E-state index in [0.29, 0.717) is 19.3 Å². The van der Waals surface area contributed by atoms with E-state index in [1.54, 1.807) is 19.9 Å². The van der Waals surface area contributed by atoms with Crippen molar-refractivity contribution in [3.63, 3.8) is 0 Å². The molecule has 1 heterocycles. The number of carboxylic acids is 1. The van der Waals surface area contributed by atoms with Crippen LogP contribution in [-0.2, 0) is 10.2 Å². The average molecular weight is 508 g/mol. The van der Waals surface area contributed by atoms with Gasteiger partial charge < -0.3 is 15.6 Å². The lowest BCUT2D eigenvalue weighted by Gasteiger charge is -2.47. The molecule has 4 nitrogen and oxygen atoms in total. The van der Waals surface area contributed by atoms with Crippen LogP contribution in [0.5, 0.6) is 5.75 Å². The quantitative estimate of drug-likeness (QED) is 0.231. The van der Waals surface area contributed by atoms with Gasteiger partial charge in [0.2, 0.25) is 0 Å². The molecule has 1 aliphatic carbocycles. The standard InChI is InChI=1S/C25H31F6NO3/c1-4-5-6-7-10-23(24(26,27)28,25(29,30)31)15-12-18(32)20-16-11-14(21(33)34)8-9-17(16)22(2,3)35-19(20)13-15/h8,12-13,16-17H,4-7,9-11,32H2,1-3H3,(H,33,34)/t16-,17-/m1/s1. The maximum absolute atomic E-state index is 14.3. The molecule has 3 rings (SSSR count). The Morgan fingerprint density at radius 2 is 1.74 bits per heavy atom. The van der Waals surface area contributed by atoms with Gasteiger partial charge in [0.1, 0.15) is 11.4 Å². The molecule has 0 radical (unpaired) electrons. The number of hydrogen-bond acceptors (Lipinski definition) is 3. The number of hydrogen-bond donors (Lipinski definition) is 2. The molecular formula is C25H31F6NO3. The van der Waals surface area contributed by atoms with Crippen LogP contribution in [-0.4, -0.2) is 29.0 Å². The van der Waals surface area contributed by atoms with E-state index in [0.717, 1.165) is 12.1 Å². The molecular weight excluding hydrogens is 476 g/mol.